The summed E-state index contributed by atoms with van der Waals surface area (Å²) >= 11 is 0. The Kier molecular flexibility index (Phi) is 5.09. The standard InChI is InChI=1S/C22H21N7O4/c1-13(18-11-32-12-24-18)25-21-23-8-6-16(27-21)14-4-3-5-15(26-14)17-10-19(33-28-17)22(31)7-9-29(2)20(22)30/h3-6,8,10-13,31H,7,9H2,1-2H3,(H,23,25,27). The summed E-state index contributed by atoms with van der Waals surface area (Å²) in [5.41, 5.74) is 1.18. The van der Waals surface area contributed by atoms with E-state index in [0.717, 1.165) is 5.69 Å². The number of carbonyl (C=O) groups is 1. The summed E-state index contributed by atoms with van der Waals surface area (Å²) < 4.78 is 10.4. The fourth-order valence-corrected chi connectivity index (χ4v) is 3.67. The molecule has 1 fully saturated rings. The number of hydrogen-bond donors (Lipinski definition) is 2. The van der Waals surface area contributed by atoms with E-state index in [9.17, 15) is 9.90 Å². The van der Waals surface area contributed by atoms with Crippen LogP contribution in [0, 0.1) is 0 Å². The van der Waals surface area contributed by atoms with Gasteiger partial charge in [-0.25, -0.2) is 19.9 Å². The molecule has 0 radical (unpaired) electrons. The molecule has 5 rings (SSSR count). The van der Waals surface area contributed by atoms with Crippen molar-refractivity contribution in [2.24, 2.45) is 0 Å². The van der Waals surface area contributed by atoms with Gasteiger partial charge >= 0.3 is 0 Å². The molecule has 0 aliphatic carbocycles. The number of pyridine rings is 1. The zero-order chi connectivity index (χ0) is 23.0. The second kappa shape index (κ2) is 8.10. The first-order chi connectivity index (χ1) is 15.9. The van der Waals surface area contributed by atoms with Gasteiger partial charge in [-0.1, -0.05) is 11.2 Å². The number of hydrogen-bond acceptors (Lipinski definition) is 10. The monoisotopic (exact) mass is 447 g/mol. The lowest BCUT2D eigenvalue weighted by molar-refractivity contribution is -0.144. The molecule has 11 nitrogen and oxygen atoms in total. The van der Waals surface area contributed by atoms with Gasteiger partial charge in [-0.15, -0.1) is 0 Å². The Balaban J connectivity index is 1.39. The van der Waals surface area contributed by atoms with Crippen molar-refractivity contribution in [1.29, 1.82) is 0 Å². The van der Waals surface area contributed by atoms with Crippen LogP contribution < -0.4 is 5.32 Å². The highest BCUT2D eigenvalue weighted by atomic mass is 16.5. The lowest BCUT2D eigenvalue weighted by Gasteiger charge is -2.16. The number of amides is 1. The first kappa shape index (κ1) is 20.8. The van der Waals surface area contributed by atoms with Gasteiger partial charge in [0.1, 0.15) is 17.7 Å². The fraction of sp³-hybridized carbons (Fsp3) is 0.273. The quantitative estimate of drug-likeness (QED) is 0.452. The average Bonchev–Trinajstić information content (AvgIpc) is 3.59. The van der Waals surface area contributed by atoms with Gasteiger partial charge in [0.05, 0.1) is 23.1 Å². The van der Waals surface area contributed by atoms with E-state index < -0.39 is 11.5 Å². The van der Waals surface area contributed by atoms with E-state index in [1.807, 2.05) is 19.1 Å². The maximum absolute atomic E-state index is 12.3. The molecule has 0 bridgehead atoms. The van der Waals surface area contributed by atoms with Gasteiger partial charge in [0.25, 0.3) is 5.91 Å². The van der Waals surface area contributed by atoms with Gasteiger partial charge in [0, 0.05) is 32.3 Å². The highest BCUT2D eigenvalue weighted by Crippen LogP contribution is 2.34. The summed E-state index contributed by atoms with van der Waals surface area (Å²) in [6.07, 6.45) is 4.82. The second-order valence-electron chi connectivity index (χ2n) is 7.87. The van der Waals surface area contributed by atoms with Crippen molar-refractivity contribution in [2.75, 3.05) is 18.9 Å². The highest BCUT2D eigenvalue weighted by molar-refractivity contribution is 5.87. The molecule has 5 heterocycles. The molecule has 4 aromatic rings. The number of rotatable bonds is 6. The topological polar surface area (TPSA) is 143 Å². The molecule has 1 saturated heterocycles. The van der Waals surface area contributed by atoms with Gasteiger partial charge in [0.2, 0.25) is 11.5 Å². The molecule has 1 aliphatic heterocycles. The number of aromatic nitrogens is 5. The Bertz CT molecular complexity index is 1290. The predicted molar refractivity (Wildman–Crippen MR) is 115 cm³/mol. The number of nitrogens with zero attached hydrogens (tertiary/aromatic N) is 6. The molecular formula is C22H21N7O4. The van der Waals surface area contributed by atoms with Crippen molar-refractivity contribution in [2.45, 2.75) is 25.0 Å². The minimum absolute atomic E-state index is 0.106. The molecule has 4 aromatic heterocycles. The van der Waals surface area contributed by atoms with Crippen LogP contribution >= 0.6 is 0 Å². The Morgan fingerprint density at radius 3 is 2.67 bits per heavy atom. The van der Waals surface area contributed by atoms with Crippen LogP contribution in [0.15, 0.2) is 58.1 Å². The van der Waals surface area contributed by atoms with Gasteiger partial charge in [0.15, 0.2) is 12.2 Å². The Morgan fingerprint density at radius 1 is 1.15 bits per heavy atom. The molecule has 11 heteroatoms. The summed E-state index contributed by atoms with van der Waals surface area (Å²) in [4.78, 5) is 31.4. The number of oxazole rings is 1. The molecule has 33 heavy (non-hydrogen) atoms. The minimum Gasteiger partial charge on any atom is -0.451 e. The van der Waals surface area contributed by atoms with Crippen LogP contribution in [0.4, 0.5) is 5.95 Å². The Morgan fingerprint density at radius 2 is 1.94 bits per heavy atom. The van der Waals surface area contributed by atoms with Crippen molar-refractivity contribution < 1.29 is 18.8 Å². The van der Waals surface area contributed by atoms with E-state index in [1.54, 1.807) is 37.7 Å². The molecular weight excluding hydrogens is 426 g/mol. The highest BCUT2D eigenvalue weighted by Gasteiger charge is 2.48. The summed E-state index contributed by atoms with van der Waals surface area (Å²) in [5.74, 6) is 0.118. The van der Waals surface area contributed by atoms with Gasteiger partial charge in [-0.05, 0) is 25.1 Å². The van der Waals surface area contributed by atoms with E-state index >= 15 is 0 Å². The number of aliphatic hydroxyl groups is 1. The number of carbonyl (C=O) groups excluding carboxylic acids is 1. The van der Waals surface area contributed by atoms with E-state index in [4.69, 9.17) is 8.94 Å². The number of anilines is 1. The van der Waals surface area contributed by atoms with Crippen molar-refractivity contribution in [3.05, 3.63) is 60.6 Å². The van der Waals surface area contributed by atoms with Crippen molar-refractivity contribution in [1.82, 2.24) is 30.0 Å². The SMILES string of the molecule is CC(Nc1nccc(-c2cccc(-c3cc(C4(O)CCN(C)C4=O)on3)n2)n1)c1cocn1. The summed E-state index contributed by atoms with van der Waals surface area (Å²) in [7, 11) is 1.64. The average molecular weight is 447 g/mol. The van der Waals surface area contributed by atoms with Crippen LogP contribution in [0.3, 0.4) is 0 Å². The molecule has 0 saturated carbocycles. The third kappa shape index (κ3) is 3.82. The van der Waals surface area contributed by atoms with Gasteiger partial charge in [-0.3, -0.25) is 4.79 Å². The third-order valence-electron chi connectivity index (χ3n) is 5.60. The summed E-state index contributed by atoms with van der Waals surface area (Å²) in [6.45, 7) is 2.37. The molecule has 1 aliphatic rings. The smallest absolute Gasteiger partial charge is 0.262 e. The fourth-order valence-electron chi connectivity index (χ4n) is 3.67. The molecule has 0 aromatic carbocycles. The van der Waals surface area contributed by atoms with Crippen LogP contribution in [0.25, 0.3) is 22.8 Å². The van der Waals surface area contributed by atoms with Crippen LogP contribution in [-0.2, 0) is 10.4 Å². The lowest BCUT2D eigenvalue weighted by atomic mass is 9.98. The maximum Gasteiger partial charge on any atom is 0.262 e. The number of likely N-dealkylation sites (N-methyl/N-ethyl adjacent to an activating group) is 1. The number of nitrogens with one attached hydrogen (secondary N) is 1. The largest absolute Gasteiger partial charge is 0.451 e. The van der Waals surface area contributed by atoms with E-state index in [1.165, 1.54) is 11.3 Å². The van der Waals surface area contributed by atoms with Crippen molar-refractivity contribution in [3.8, 4) is 22.8 Å². The van der Waals surface area contributed by atoms with Crippen molar-refractivity contribution in [3.63, 3.8) is 0 Å². The third-order valence-corrected chi connectivity index (χ3v) is 5.60. The van der Waals surface area contributed by atoms with E-state index in [0.29, 0.717) is 35.3 Å². The molecule has 1 amide bonds. The van der Waals surface area contributed by atoms with Gasteiger partial charge < -0.3 is 24.3 Å². The molecule has 0 spiro atoms. The van der Waals surface area contributed by atoms with E-state index in [2.05, 4.69) is 30.4 Å². The zero-order valence-electron chi connectivity index (χ0n) is 18.0. The first-order valence-corrected chi connectivity index (χ1v) is 10.3. The zero-order valence-corrected chi connectivity index (χ0v) is 18.0. The first-order valence-electron chi connectivity index (χ1n) is 10.3. The van der Waals surface area contributed by atoms with Crippen LogP contribution in [0.2, 0.25) is 0 Å². The van der Waals surface area contributed by atoms with Crippen LogP contribution in [-0.4, -0.2) is 54.6 Å². The minimum atomic E-state index is -1.70. The second-order valence-corrected chi connectivity index (χ2v) is 7.87. The predicted octanol–water partition coefficient (Wildman–Crippen LogP) is 2.40. The normalized spacial score (nSPS) is 19.1. The number of likely N-dealkylation sites (tertiary alicyclic amines) is 1. The van der Waals surface area contributed by atoms with Gasteiger partial charge in [-0.2, -0.15) is 0 Å². The molecule has 2 N–H and O–H groups in total. The Labute approximate surface area is 188 Å². The van der Waals surface area contributed by atoms with Crippen molar-refractivity contribution >= 4 is 11.9 Å². The van der Waals surface area contributed by atoms with Crippen LogP contribution in [0.1, 0.15) is 30.8 Å². The summed E-state index contributed by atoms with van der Waals surface area (Å²) in [6, 6.07) is 8.57. The van der Waals surface area contributed by atoms with E-state index in [-0.39, 0.29) is 18.2 Å². The Hall–Kier alpha value is -4.12. The summed E-state index contributed by atoms with van der Waals surface area (Å²) in [5, 5.41) is 18.0. The lowest BCUT2D eigenvalue weighted by Crippen LogP contribution is -2.35. The molecule has 2 unspecified atom stereocenters. The van der Waals surface area contributed by atoms with Crippen LogP contribution in [0.5, 0.6) is 0 Å². The molecule has 168 valence electrons. The maximum atomic E-state index is 12.3. The molecule has 2 atom stereocenters.